The summed E-state index contributed by atoms with van der Waals surface area (Å²) in [5, 5.41) is 14.8. The van der Waals surface area contributed by atoms with Crippen LogP contribution in [0.2, 0.25) is 0 Å². The quantitative estimate of drug-likeness (QED) is 0.794. The van der Waals surface area contributed by atoms with Crippen molar-refractivity contribution >= 4 is 11.0 Å². The Labute approximate surface area is 140 Å². The van der Waals surface area contributed by atoms with E-state index in [4.69, 9.17) is 0 Å². The molecule has 3 atom stereocenters. The van der Waals surface area contributed by atoms with Gasteiger partial charge in [0.1, 0.15) is 12.0 Å². The number of hydrogen-bond donors (Lipinski definition) is 1. The van der Waals surface area contributed by atoms with E-state index in [1.54, 1.807) is 6.33 Å². The lowest BCUT2D eigenvalue weighted by molar-refractivity contribution is 0.308. The van der Waals surface area contributed by atoms with Crippen molar-refractivity contribution in [3.8, 4) is 17.3 Å². The minimum absolute atomic E-state index is 0.150. The molecular weight excluding hydrogens is 300 g/mol. The molecule has 3 aromatic heterocycles. The predicted molar refractivity (Wildman–Crippen MR) is 90.9 cm³/mol. The van der Waals surface area contributed by atoms with E-state index in [0.717, 1.165) is 28.2 Å². The standard InChI is InChI=1S/C18H20N6/c1-12-2-3-13(8-12)16(4-6-19)24-10-14(9-23-24)17-15-5-7-20-18(15)22-11-21-17/h5,7,9-13,16H,2-4,8H2,1H3,(H,20,21,22)/t12-,13?,16+/m0/s1. The Kier molecular flexibility index (Phi) is 3.77. The summed E-state index contributed by atoms with van der Waals surface area (Å²) in [7, 11) is 0. The van der Waals surface area contributed by atoms with Crippen molar-refractivity contribution in [3.63, 3.8) is 0 Å². The van der Waals surface area contributed by atoms with Crippen LogP contribution in [0.15, 0.2) is 31.0 Å². The lowest BCUT2D eigenvalue weighted by atomic mass is 9.95. The zero-order valence-electron chi connectivity index (χ0n) is 13.7. The molecule has 1 fully saturated rings. The summed E-state index contributed by atoms with van der Waals surface area (Å²) in [6.07, 6.45) is 11.4. The van der Waals surface area contributed by atoms with Crippen molar-refractivity contribution in [1.82, 2.24) is 24.7 Å². The monoisotopic (exact) mass is 320 g/mol. The number of aromatic amines is 1. The van der Waals surface area contributed by atoms with E-state index in [1.807, 2.05) is 29.3 Å². The molecule has 1 aliphatic carbocycles. The molecule has 6 nitrogen and oxygen atoms in total. The highest BCUT2D eigenvalue weighted by Gasteiger charge is 2.30. The summed E-state index contributed by atoms with van der Waals surface area (Å²) in [6.45, 7) is 2.29. The fourth-order valence-electron chi connectivity index (χ4n) is 3.91. The van der Waals surface area contributed by atoms with Crippen molar-refractivity contribution in [2.45, 2.75) is 38.6 Å². The maximum Gasteiger partial charge on any atom is 0.141 e. The maximum atomic E-state index is 9.25. The van der Waals surface area contributed by atoms with Gasteiger partial charge in [-0.25, -0.2) is 9.97 Å². The van der Waals surface area contributed by atoms with Gasteiger partial charge in [-0.2, -0.15) is 10.4 Å². The molecule has 1 N–H and O–H groups in total. The maximum absolute atomic E-state index is 9.25. The number of fused-ring (bicyclic) bond motifs is 1. The zero-order valence-corrected chi connectivity index (χ0v) is 13.7. The van der Waals surface area contributed by atoms with Crippen molar-refractivity contribution in [3.05, 3.63) is 31.0 Å². The number of hydrogen-bond acceptors (Lipinski definition) is 4. The van der Waals surface area contributed by atoms with E-state index < -0.39 is 0 Å². The van der Waals surface area contributed by atoms with Crippen LogP contribution in [-0.4, -0.2) is 24.7 Å². The molecule has 1 unspecified atom stereocenters. The first-order valence-electron chi connectivity index (χ1n) is 8.46. The average molecular weight is 320 g/mol. The van der Waals surface area contributed by atoms with Crippen LogP contribution >= 0.6 is 0 Å². The van der Waals surface area contributed by atoms with Crippen molar-refractivity contribution in [2.75, 3.05) is 0 Å². The van der Waals surface area contributed by atoms with Crippen LogP contribution in [-0.2, 0) is 0 Å². The summed E-state index contributed by atoms with van der Waals surface area (Å²) < 4.78 is 1.97. The molecule has 1 aliphatic rings. The smallest absolute Gasteiger partial charge is 0.141 e. The van der Waals surface area contributed by atoms with E-state index in [-0.39, 0.29) is 6.04 Å². The largest absolute Gasteiger partial charge is 0.346 e. The highest BCUT2D eigenvalue weighted by atomic mass is 15.3. The summed E-state index contributed by atoms with van der Waals surface area (Å²) in [5.74, 6) is 1.28. The number of nitrogens with one attached hydrogen (secondary N) is 1. The van der Waals surface area contributed by atoms with E-state index in [0.29, 0.717) is 12.3 Å². The molecule has 0 spiro atoms. The number of nitriles is 1. The average Bonchev–Trinajstić information content (AvgIpc) is 3.32. The Bertz CT molecular complexity index is 886. The normalized spacial score (nSPS) is 21.8. The van der Waals surface area contributed by atoms with Crippen LogP contribution in [0.1, 0.15) is 38.6 Å². The van der Waals surface area contributed by atoms with Gasteiger partial charge in [-0.1, -0.05) is 13.3 Å². The second-order valence-electron chi connectivity index (χ2n) is 6.78. The molecule has 6 heteroatoms. The van der Waals surface area contributed by atoms with Gasteiger partial charge in [0.15, 0.2) is 0 Å². The topological polar surface area (TPSA) is 83.2 Å². The Balaban J connectivity index is 1.68. The van der Waals surface area contributed by atoms with Gasteiger partial charge in [0.25, 0.3) is 0 Å². The van der Waals surface area contributed by atoms with Gasteiger partial charge in [0.05, 0.1) is 30.4 Å². The van der Waals surface area contributed by atoms with E-state index in [1.165, 1.54) is 19.3 Å². The third kappa shape index (κ3) is 2.56. The van der Waals surface area contributed by atoms with Crippen LogP contribution in [0.5, 0.6) is 0 Å². The second kappa shape index (κ2) is 6.08. The molecular formula is C18H20N6. The van der Waals surface area contributed by atoms with Crippen molar-refractivity contribution in [2.24, 2.45) is 11.8 Å². The van der Waals surface area contributed by atoms with E-state index in [2.05, 4.69) is 33.0 Å². The van der Waals surface area contributed by atoms with Gasteiger partial charge in [-0.3, -0.25) is 4.68 Å². The van der Waals surface area contributed by atoms with Crippen molar-refractivity contribution < 1.29 is 0 Å². The van der Waals surface area contributed by atoms with Gasteiger partial charge >= 0.3 is 0 Å². The number of H-pyrrole nitrogens is 1. The van der Waals surface area contributed by atoms with E-state index in [9.17, 15) is 5.26 Å². The first kappa shape index (κ1) is 14.9. The zero-order chi connectivity index (χ0) is 16.5. The van der Waals surface area contributed by atoms with Crippen molar-refractivity contribution in [1.29, 1.82) is 5.26 Å². The van der Waals surface area contributed by atoms with Gasteiger partial charge in [-0.15, -0.1) is 0 Å². The number of rotatable bonds is 4. The Morgan fingerprint density at radius 3 is 3.12 bits per heavy atom. The fourth-order valence-corrected chi connectivity index (χ4v) is 3.91. The van der Waals surface area contributed by atoms with Crippen LogP contribution < -0.4 is 0 Å². The lowest BCUT2D eigenvalue weighted by Crippen LogP contribution is -2.17. The molecule has 24 heavy (non-hydrogen) atoms. The molecule has 0 aromatic carbocycles. The summed E-state index contributed by atoms with van der Waals surface area (Å²) >= 11 is 0. The van der Waals surface area contributed by atoms with E-state index >= 15 is 0 Å². The summed E-state index contributed by atoms with van der Waals surface area (Å²) in [4.78, 5) is 11.8. The molecule has 0 saturated heterocycles. The Hall–Kier alpha value is -2.68. The predicted octanol–water partition coefficient (Wildman–Crippen LogP) is 3.71. The van der Waals surface area contributed by atoms with Gasteiger partial charge in [-0.05, 0) is 30.7 Å². The van der Waals surface area contributed by atoms with Crippen LogP contribution in [0.4, 0.5) is 0 Å². The summed E-state index contributed by atoms with van der Waals surface area (Å²) in [6, 6.07) is 4.47. The van der Waals surface area contributed by atoms with Crippen LogP contribution in [0.25, 0.3) is 22.3 Å². The van der Waals surface area contributed by atoms with Gasteiger partial charge in [0.2, 0.25) is 0 Å². The third-order valence-corrected chi connectivity index (χ3v) is 5.15. The molecule has 0 bridgehead atoms. The Morgan fingerprint density at radius 2 is 2.33 bits per heavy atom. The minimum Gasteiger partial charge on any atom is -0.346 e. The number of nitrogens with zero attached hydrogens (tertiary/aromatic N) is 5. The lowest BCUT2D eigenvalue weighted by Gasteiger charge is -2.21. The molecule has 3 heterocycles. The molecule has 0 aliphatic heterocycles. The third-order valence-electron chi connectivity index (χ3n) is 5.15. The van der Waals surface area contributed by atoms with Crippen LogP contribution in [0, 0.1) is 23.2 Å². The summed E-state index contributed by atoms with van der Waals surface area (Å²) in [5.41, 5.74) is 2.67. The molecule has 0 amide bonds. The highest BCUT2D eigenvalue weighted by molar-refractivity contribution is 5.89. The first-order chi connectivity index (χ1) is 11.8. The minimum atomic E-state index is 0.150. The molecule has 3 aromatic rings. The molecule has 122 valence electrons. The second-order valence-corrected chi connectivity index (χ2v) is 6.78. The SMILES string of the molecule is C[C@H]1CCC([C@@H](CC#N)n2cc(-c3ncnc4[nH]ccc34)cn2)C1. The Morgan fingerprint density at radius 1 is 1.42 bits per heavy atom. The molecule has 4 rings (SSSR count). The molecule has 0 radical (unpaired) electrons. The van der Waals surface area contributed by atoms with Crippen LogP contribution in [0.3, 0.4) is 0 Å². The molecule has 1 saturated carbocycles. The van der Waals surface area contributed by atoms with Gasteiger partial charge in [0, 0.05) is 23.3 Å². The highest BCUT2D eigenvalue weighted by Crippen LogP contribution is 2.39. The first-order valence-corrected chi connectivity index (χ1v) is 8.46. The van der Waals surface area contributed by atoms with Gasteiger partial charge < -0.3 is 4.98 Å². The fraction of sp³-hybridized carbons (Fsp3) is 0.444. The number of aromatic nitrogens is 5.